The van der Waals surface area contributed by atoms with Crippen LogP contribution in [0.2, 0.25) is 5.02 Å². The van der Waals surface area contributed by atoms with E-state index in [1.807, 2.05) is 62.0 Å². The number of anilines is 1. The number of ether oxygens (including phenoxy) is 1. The highest BCUT2D eigenvalue weighted by atomic mass is 35.5. The number of hydrogen-bond donors (Lipinski definition) is 2. The molecule has 0 saturated heterocycles. The Labute approximate surface area is 283 Å². The molecule has 2 aromatic carbocycles. The molecule has 8 nitrogen and oxygen atoms in total. The first-order valence-corrected chi connectivity index (χ1v) is 18.9. The maximum atomic E-state index is 13.9. The molecule has 7 atom stereocenters. The third-order valence-corrected chi connectivity index (χ3v) is 13.9. The average molecular weight is 677 g/mol. The van der Waals surface area contributed by atoms with E-state index in [1.54, 1.807) is 12.3 Å². The quantitative estimate of drug-likeness (QED) is 0.250. The number of aromatic nitrogens is 2. The van der Waals surface area contributed by atoms with Gasteiger partial charge in [-0.05, 0) is 111 Å². The van der Waals surface area contributed by atoms with Crippen LogP contribution in [0.15, 0.2) is 60.9 Å². The monoisotopic (exact) mass is 676 g/mol. The lowest BCUT2D eigenvalue weighted by molar-refractivity contribution is -0.0577. The summed E-state index contributed by atoms with van der Waals surface area (Å²) in [5.74, 6) is 4.96. The van der Waals surface area contributed by atoms with Gasteiger partial charge in [-0.3, -0.25) is 9.52 Å². The van der Waals surface area contributed by atoms with E-state index in [0.29, 0.717) is 43.3 Å². The van der Waals surface area contributed by atoms with Crippen LogP contribution in [0.5, 0.6) is 5.75 Å². The number of amides is 1. The van der Waals surface area contributed by atoms with Gasteiger partial charge in [-0.2, -0.15) is 0 Å². The molecule has 1 aromatic heterocycles. The molecule has 1 saturated carbocycles. The Hall–Kier alpha value is -3.27. The predicted molar refractivity (Wildman–Crippen MR) is 189 cm³/mol. The number of fused-ring (bicyclic) bond motifs is 4. The Morgan fingerprint density at radius 3 is 2.77 bits per heavy atom. The topological polar surface area (TPSA) is 96.7 Å². The number of benzene rings is 2. The zero-order valence-electron chi connectivity index (χ0n) is 27.5. The van der Waals surface area contributed by atoms with Gasteiger partial charge in [-0.1, -0.05) is 30.7 Å². The molecule has 250 valence electrons. The maximum Gasteiger partial charge on any atom is 0.262 e. The summed E-state index contributed by atoms with van der Waals surface area (Å²) in [6, 6.07) is 11.7. The third-order valence-electron chi connectivity index (χ3n) is 11.5. The third kappa shape index (κ3) is 5.68. The molecule has 1 amide bonds. The van der Waals surface area contributed by atoms with Crippen LogP contribution in [0, 0.1) is 17.8 Å². The summed E-state index contributed by atoms with van der Waals surface area (Å²) in [4.78, 5) is 20.7. The number of carbonyl (C=O) groups is 1. The fourth-order valence-electron chi connectivity index (χ4n) is 8.36. The predicted octanol–water partition coefficient (Wildman–Crippen LogP) is 5.81. The molecule has 3 heterocycles. The van der Waals surface area contributed by atoms with E-state index in [2.05, 4.69) is 32.6 Å². The van der Waals surface area contributed by atoms with E-state index >= 15 is 0 Å². The number of imidazole rings is 1. The Morgan fingerprint density at radius 2 is 2.02 bits per heavy atom. The molecule has 0 radical (unpaired) electrons. The maximum absolute atomic E-state index is 13.9. The molecule has 1 spiro atoms. The van der Waals surface area contributed by atoms with Gasteiger partial charge < -0.3 is 19.3 Å². The zero-order chi connectivity index (χ0) is 33.1. The highest BCUT2D eigenvalue weighted by molar-refractivity contribution is 7.99. The van der Waals surface area contributed by atoms with Crippen LogP contribution < -0.4 is 14.4 Å². The Bertz CT molecular complexity index is 1840. The summed E-state index contributed by atoms with van der Waals surface area (Å²) in [7, 11) is -1.07. The Balaban J connectivity index is 1.35. The van der Waals surface area contributed by atoms with Crippen molar-refractivity contribution in [3.63, 3.8) is 0 Å². The molecule has 3 aromatic rings. The highest BCUT2D eigenvalue weighted by Gasteiger charge is 2.50. The number of allylic oxidation sites excluding steroid dienone is 1. The SMILES string of the molecule is C=S1(=O)NC(=O)c2ccc3c(c2)N(C[C@@H]2CC[C@H]2[C@](O)(c2nccn2C)/C=C/C[C@H](C)[C@H]1C)C[C@@]1(CCCc2cc(Cl)ccc21)CO3. The van der Waals surface area contributed by atoms with Crippen molar-refractivity contribution < 1.29 is 18.8 Å². The minimum Gasteiger partial charge on any atom is -0.490 e. The summed E-state index contributed by atoms with van der Waals surface area (Å²) in [6.45, 7) is 5.75. The standard InChI is InChI=1S/C37H45ClN4O4S/c1-24-7-5-16-37(44,35-39-17-18-41(35)3)31-12-9-28(31)21-42-22-36(15-6-8-26-19-29(38)11-13-30(26)36)23-46-33-14-10-27(20-32(33)42)34(43)40-47(4,45)25(24)2/h5,10-11,13-14,16-20,24-25,28,31,44H,4,6-9,12,15,21-23H2,1-3H3,(H,40,43,45)/b16-5+/t24-,25+,28-,31+,36-,37-,47?/m0/s1. The second-order valence-electron chi connectivity index (χ2n) is 14.4. The van der Waals surface area contributed by atoms with Crippen molar-refractivity contribution in [2.75, 3.05) is 24.6 Å². The number of aliphatic hydroxyl groups is 1. The molecule has 2 N–H and O–H groups in total. The number of aryl methyl sites for hydroxylation is 2. The molecule has 2 bridgehead atoms. The summed E-state index contributed by atoms with van der Waals surface area (Å²) >= 11 is 6.45. The summed E-state index contributed by atoms with van der Waals surface area (Å²) in [5.41, 5.74) is 2.23. The van der Waals surface area contributed by atoms with Crippen molar-refractivity contribution in [1.29, 1.82) is 0 Å². The smallest absolute Gasteiger partial charge is 0.262 e. The van der Waals surface area contributed by atoms with E-state index < -0.39 is 26.5 Å². The molecule has 2 aliphatic carbocycles. The van der Waals surface area contributed by atoms with Gasteiger partial charge in [0, 0.05) is 59.7 Å². The van der Waals surface area contributed by atoms with Crippen molar-refractivity contribution in [3.8, 4) is 5.75 Å². The summed E-state index contributed by atoms with van der Waals surface area (Å²) in [5, 5.41) is 12.9. The average Bonchev–Trinajstić information content (AvgIpc) is 3.40. The molecule has 1 fully saturated rings. The van der Waals surface area contributed by atoms with Crippen LogP contribution in [-0.2, 0) is 34.2 Å². The lowest BCUT2D eigenvalue weighted by Gasteiger charge is -2.48. The molecule has 47 heavy (non-hydrogen) atoms. The van der Waals surface area contributed by atoms with Gasteiger partial charge in [0.1, 0.15) is 17.2 Å². The fourth-order valence-corrected chi connectivity index (χ4v) is 10.0. The molecular formula is C37H45ClN4O4S. The number of carbonyl (C=O) groups excluding carboxylic acids is 1. The van der Waals surface area contributed by atoms with Crippen LogP contribution in [0.1, 0.15) is 73.3 Å². The number of halogens is 1. The van der Waals surface area contributed by atoms with E-state index in [0.717, 1.165) is 42.8 Å². The second kappa shape index (κ2) is 12.0. The van der Waals surface area contributed by atoms with Gasteiger partial charge in [0.05, 0.1) is 22.0 Å². The Morgan fingerprint density at radius 1 is 1.19 bits per heavy atom. The van der Waals surface area contributed by atoms with Gasteiger partial charge in [-0.15, -0.1) is 0 Å². The molecular weight excluding hydrogens is 632 g/mol. The fraction of sp³-hybridized carbons (Fsp3) is 0.486. The lowest BCUT2D eigenvalue weighted by Crippen LogP contribution is -2.52. The first-order valence-electron chi connectivity index (χ1n) is 16.8. The van der Waals surface area contributed by atoms with E-state index in [1.165, 1.54) is 11.1 Å². The first kappa shape index (κ1) is 32.3. The van der Waals surface area contributed by atoms with E-state index in [4.69, 9.17) is 16.3 Å². The van der Waals surface area contributed by atoms with Crippen molar-refractivity contribution in [3.05, 3.63) is 88.5 Å². The first-order chi connectivity index (χ1) is 22.4. The zero-order valence-corrected chi connectivity index (χ0v) is 29.0. The Kier molecular flexibility index (Phi) is 8.25. The molecule has 7 rings (SSSR count). The van der Waals surface area contributed by atoms with Gasteiger partial charge in [0.2, 0.25) is 0 Å². The summed E-state index contributed by atoms with van der Waals surface area (Å²) in [6.07, 6.45) is 12.9. The van der Waals surface area contributed by atoms with Crippen LogP contribution in [0.3, 0.4) is 0 Å². The van der Waals surface area contributed by atoms with E-state index in [9.17, 15) is 14.1 Å². The van der Waals surface area contributed by atoms with Gasteiger partial charge in [0.25, 0.3) is 5.91 Å². The van der Waals surface area contributed by atoms with Crippen LogP contribution in [-0.4, -0.2) is 55.6 Å². The lowest BCUT2D eigenvalue weighted by atomic mass is 9.63. The number of nitrogens with one attached hydrogen (secondary N) is 1. The van der Waals surface area contributed by atoms with Crippen LogP contribution >= 0.6 is 11.6 Å². The second-order valence-corrected chi connectivity index (χ2v) is 17.2. The number of nitrogens with zero attached hydrogens (tertiary/aromatic N) is 3. The summed E-state index contributed by atoms with van der Waals surface area (Å²) < 4.78 is 25.2. The number of hydrogen-bond acceptors (Lipinski definition) is 6. The van der Waals surface area contributed by atoms with Crippen molar-refractivity contribution >= 4 is 38.8 Å². The number of rotatable bonds is 1. The molecule has 4 aliphatic rings. The highest BCUT2D eigenvalue weighted by Crippen LogP contribution is 2.50. The van der Waals surface area contributed by atoms with Crippen LogP contribution in [0.25, 0.3) is 0 Å². The van der Waals surface area contributed by atoms with Crippen molar-refractivity contribution in [2.45, 2.75) is 68.6 Å². The van der Waals surface area contributed by atoms with Crippen LogP contribution in [0.4, 0.5) is 5.69 Å². The molecule has 1 unspecified atom stereocenters. The van der Waals surface area contributed by atoms with Crippen molar-refractivity contribution in [2.24, 2.45) is 24.8 Å². The normalized spacial score (nSPS) is 34.7. The van der Waals surface area contributed by atoms with Gasteiger partial charge in [0.15, 0.2) is 0 Å². The van der Waals surface area contributed by atoms with Crippen molar-refractivity contribution in [1.82, 2.24) is 14.3 Å². The minimum atomic E-state index is -2.99. The molecule has 10 heteroatoms. The minimum absolute atomic E-state index is 0.0624. The largest absolute Gasteiger partial charge is 0.490 e. The van der Waals surface area contributed by atoms with E-state index in [-0.39, 0.29) is 23.2 Å². The molecule has 2 aliphatic heterocycles. The van der Waals surface area contributed by atoms with Gasteiger partial charge in [-0.25, -0.2) is 9.19 Å². The van der Waals surface area contributed by atoms with Gasteiger partial charge >= 0.3 is 0 Å².